The van der Waals surface area contributed by atoms with Crippen molar-refractivity contribution >= 4 is 17.7 Å². The van der Waals surface area contributed by atoms with E-state index in [2.05, 4.69) is 5.32 Å². The van der Waals surface area contributed by atoms with Crippen LogP contribution in [0.5, 0.6) is 5.75 Å². The molecule has 33 heavy (non-hydrogen) atoms. The molecule has 1 aromatic carbocycles. The van der Waals surface area contributed by atoms with Crippen molar-refractivity contribution < 1.29 is 28.6 Å². The third-order valence-electron chi connectivity index (χ3n) is 5.99. The summed E-state index contributed by atoms with van der Waals surface area (Å²) < 4.78 is 16.2. The maximum Gasteiger partial charge on any atom is 0.337 e. The number of ketones is 1. The summed E-state index contributed by atoms with van der Waals surface area (Å²) in [6.45, 7) is 9.87. The highest BCUT2D eigenvalue weighted by Crippen LogP contribution is 2.45. The Hall–Kier alpha value is -3.09. The number of methoxy groups -OCH3 is 1. The Labute approximate surface area is 195 Å². The minimum atomic E-state index is -0.911. The van der Waals surface area contributed by atoms with Crippen LogP contribution in [0.15, 0.2) is 46.8 Å². The molecule has 0 saturated heterocycles. The van der Waals surface area contributed by atoms with Gasteiger partial charge in [0.25, 0.3) is 0 Å². The molecule has 1 aliphatic heterocycles. The number of esters is 2. The van der Waals surface area contributed by atoms with E-state index in [0.717, 1.165) is 17.7 Å². The monoisotopic (exact) mass is 455 g/mol. The first-order chi connectivity index (χ1) is 15.7. The maximum absolute atomic E-state index is 13.7. The Morgan fingerprint density at radius 2 is 1.85 bits per heavy atom. The second-order valence-corrected chi connectivity index (χ2v) is 8.91. The minimum absolute atomic E-state index is 0.223. The summed E-state index contributed by atoms with van der Waals surface area (Å²) in [6, 6.07) is 7.39. The van der Waals surface area contributed by atoms with Gasteiger partial charge in [-0.3, -0.25) is 9.59 Å². The summed E-state index contributed by atoms with van der Waals surface area (Å²) in [5.74, 6) is -2.43. The predicted octanol–water partition coefficient (Wildman–Crippen LogP) is 4.04. The van der Waals surface area contributed by atoms with Crippen LogP contribution in [0.2, 0.25) is 0 Å². The van der Waals surface area contributed by atoms with Crippen molar-refractivity contribution in [2.45, 2.75) is 59.5 Å². The summed E-state index contributed by atoms with van der Waals surface area (Å²) in [6.07, 6.45) is 1.07. The van der Waals surface area contributed by atoms with Crippen LogP contribution >= 0.6 is 0 Å². The average Bonchev–Trinajstić information content (AvgIpc) is 2.76. The van der Waals surface area contributed by atoms with Gasteiger partial charge in [-0.1, -0.05) is 26.0 Å². The van der Waals surface area contributed by atoms with Gasteiger partial charge < -0.3 is 19.5 Å². The predicted molar refractivity (Wildman–Crippen MR) is 123 cm³/mol. The SMILES string of the molecule is CCCOc1ccc([C@H]2C(C(=O)OC(C)C)=C(C)NC3=C2C(=O)[C@H](C(=O)OC)[C@@H](C)C3)cc1. The molecule has 0 aromatic heterocycles. The second-order valence-electron chi connectivity index (χ2n) is 8.91. The molecule has 1 heterocycles. The van der Waals surface area contributed by atoms with E-state index >= 15 is 0 Å². The van der Waals surface area contributed by atoms with Gasteiger partial charge in [0.05, 0.1) is 25.4 Å². The first-order valence-corrected chi connectivity index (χ1v) is 11.5. The third-order valence-corrected chi connectivity index (χ3v) is 5.99. The van der Waals surface area contributed by atoms with Crippen LogP contribution in [0.3, 0.4) is 0 Å². The highest BCUT2D eigenvalue weighted by Gasteiger charge is 2.47. The standard InChI is InChI=1S/C26H33NO6/c1-7-12-32-18-10-8-17(9-11-18)22-21(26(30)33-14(2)3)16(5)27-19-13-15(4)20(25(29)31-6)24(28)23(19)22/h8-11,14-15,20,22,27H,7,12-13H2,1-6H3/t15-,20+,22-/m0/s1. The van der Waals surface area contributed by atoms with E-state index in [0.29, 0.717) is 35.6 Å². The van der Waals surface area contributed by atoms with E-state index in [1.807, 2.05) is 45.0 Å². The maximum atomic E-state index is 13.7. The topological polar surface area (TPSA) is 90.9 Å². The van der Waals surface area contributed by atoms with Crippen LogP contribution < -0.4 is 10.1 Å². The minimum Gasteiger partial charge on any atom is -0.494 e. The van der Waals surface area contributed by atoms with Crippen LogP contribution in [-0.2, 0) is 23.9 Å². The molecule has 0 bridgehead atoms. The van der Waals surface area contributed by atoms with Gasteiger partial charge in [-0.05, 0) is 57.2 Å². The molecule has 178 valence electrons. The first-order valence-electron chi connectivity index (χ1n) is 11.5. The molecule has 0 unspecified atom stereocenters. The van der Waals surface area contributed by atoms with E-state index in [1.165, 1.54) is 7.11 Å². The quantitative estimate of drug-likeness (QED) is 0.490. The number of allylic oxidation sites excluding steroid dienone is 3. The van der Waals surface area contributed by atoms with Gasteiger partial charge in [0, 0.05) is 22.9 Å². The van der Waals surface area contributed by atoms with Crippen molar-refractivity contribution in [3.63, 3.8) is 0 Å². The first kappa shape index (κ1) is 24.6. The summed E-state index contributed by atoms with van der Waals surface area (Å²) in [5.41, 5.74) is 2.94. The van der Waals surface area contributed by atoms with Crippen molar-refractivity contribution in [2.24, 2.45) is 11.8 Å². The van der Waals surface area contributed by atoms with E-state index in [9.17, 15) is 14.4 Å². The van der Waals surface area contributed by atoms with Crippen molar-refractivity contribution in [2.75, 3.05) is 13.7 Å². The second kappa shape index (κ2) is 10.2. The Morgan fingerprint density at radius 3 is 2.42 bits per heavy atom. The lowest BCUT2D eigenvalue weighted by atomic mass is 9.69. The molecule has 0 radical (unpaired) electrons. The lowest BCUT2D eigenvalue weighted by molar-refractivity contribution is -0.151. The van der Waals surface area contributed by atoms with E-state index in [-0.39, 0.29) is 17.8 Å². The van der Waals surface area contributed by atoms with E-state index < -0.39 is 23.8 Å². The third kappa shape index (κ3) is 4.97. The number of Topliss-reactive ketones (excluding diaryl/α,β-unsaturated/α-hetero) is 1. The van der Waals surface area contributed by atoms with Crippen LogP contribution in [0.4, 0.5) is 0 Å². The zero-order valence-electron chi connectivity index (χ0n) is 20.2. The number of benzene rings is 1. The smallest absolute Gasteiger partial charge is 0.337 e. The van der Waals surface area contributed by atoms with Gasteiger partial charge in [-0.25, -0.2) is 4.79 Å². The van der Waals surface area contributed by atoms with Crippen LogP contribution in [0.25, 0.3) is 0 Å². The van der Waals surface area contributed by atoms with Crippen molar-refractivity contribution in [3.8, 4) is 5.75 Å². The van der Waals surface area contributed by atoms with Gasteiger partial charge in [-0.15, -0.1) is 0 Å². The fourth-order valence-electron chi connectivity index (χ4n) is 4.54. The Morgan fingerprint density at radius 1 is 1.18 bits per heavy atom. The molecule has 0 saturated carbocycles. The number of carbonyl (C=O) groups is 3. The van der Waals surface area contributed by atoms with Crippen LogP contribution in [0.1, 0.15) is 58.9 Å². The zero-order chi connectivity index (χ0) is 24.3. The van der Waals surface area contributed by atoms with Crippen molar-refractivity contribution in [1.29, 1.82) is 0 Å². The number of nitrogens with one attached hydrogen (secondary N) is 1. The normalized spacial score (nSPS) is 22.6. The molecule has 3 atom stereocenters. The molecular weight excluding hydrogens is 422 g/mol. The lowest BCUT2D eigenvalue weighted by Gasteiger charge is -2.38. The molecule has 7 heteroatoms. The van der Waals surface area contributed by atoms with E-state index in [4.69, 9.17) is 14.2 Å². The van der Waals surface area contributed by atoms with Gasteiger partial charge in [0.1, 0.15) is 11.7 Å². The Kier molecular flexibility index (Phi) is 7.61. The van der Waals surface area contributed by atoms with E-state index in [1.54, 1.807) is 13.8 Å². The molecule has 1 aliphatic carbocycles. The van der Waals surface area contributed by atoms with Gasteiger partial charge in [0.2, 0.25) is 0 Å². The Bertz CT molecular complexity index is 989. The highest BCUT2D eigenvalue weighted by atomic mass is 16.5. The lowest BCUT2D eigenvalue weighted by Crippen LogP contribution is -2.43. The van der Waals surface area contributed by atoms with Gasteiger partial charge in [-0.2, -0.15) is 0 Å². The molecule has 1 N–H and O–H groups in total. The number of dihydropyridines is 1. The zero-order valence-corrected chi connectivity index (χ0v) is 20.2. The van der Waals surface area contributed by atoms with Crippen molar-refractivity contribution in [3.05, 3.63) is 52.4 Å². The molecule has 0 amide bonds. The summed E-state index contributed by atoms with van der Waals surface area (Å²) in [4.78, 5) is 39.3. The molecule has 0 spiro atoms. The summed E-state index contributed by atoms with van der Waals surface area (Å²) >= 11 is 0. The summed E-state index contributed by atoms with van der Waals surface area (Å²) in [7, 11) is 1.29. The highest BCUT2D eigenvalue weighted by molar-refractivity contribution is 6.12. The van der Waals surface area contributed by atoms with Gasteiger partial charge >= 0.3 is 11.9 Å². The fraction of sp³-hybridized carbons (Fsp3) is 0.500. The van der Waals surface area contributed by atoms with Crippen molar-refractivity contribution in [1.82, 2.24) is 5.32 Å². The number of carbonyl (C=O) groups excluding carboxylic acids is 3. The van der Waals surface area contributed by atoms with Crippen LogP contribution in [0, 0.1) is 11.8 Å². The van der Waals surface area contributed by atoms with Crippen LogP contribution in [-0.4, -0.2) is 37.5 Å². The largest absolute Gasteiger partial charge is 0.494 e. The average molecular weight is 456 g/mol. The molecule has 7 nitrogen and oxygen atoms in total. The number of hydrogen-bond donors (Lipinski definition) is 1. The fourth-order valence-corrected chi connectivity index (χ4v) is 4.54. The summed E-state index contributed by atoms with van der Waals surface area (Å²) in [5, 5.41) is 3.26. The number of hydrogen-bond acceptors (Lipinski definition) is 7. The number of ether oxygens (including phenoxy) is 3. The molecule has 0 fully saturated rings. The number of rotatable bonds is 7. The molecular formula is C26H33NO6. The molecule has 3 rings (SSSR count). The van der Waals surface area contributed by atoms with Gasteiger partial charge in [0.15, 0.2) is 5.78 Å². The Balaban J connectivity index is 2.12. The molecule has 2 aliphatic rings. The molecule has 1 aromatic rings.